The van der Waals surface area contributed by atoms with E-state index in [1.54, 1.807) is 0 Å². The normalized spacial score (nSPS) is 10.1. The second kappa shape index (κ2) is 3.49. The van der Waals surface area contributed by atoms with E-state index in [-0.39, 0.29) is 5.82 Å². The van der Waals surface area contributed by atoms with Crippen molar-refractivity contribution in [1.82, 2.24) is 0 Å². The lowest BCUT2D eigenvalue weighted by molar-refractivity contribution is 0.623. The highest BCUT2D eigenvalue weighted by molar-refractivity contribution is 5.22. The number of hydrogen-bond acceptors (Lipinski definition) is 1. The number of aryl methyl sites for hydroxylation is 1. The van der Waals surface area contributed by atoms with Crippen molar-refractivity contribution in [3.63, 3.8) is 0 Å². The molecule has 1 aromatic rings. The Morgan fingerprint density at radius 1 is 1.45 bits per heavy atom. The van der Waals surface area contributed by atoms with Crippen LogP contribution in [0.5, 0.6) is 0 Å². The van der Waals surface area contributed by atoms with Gasteiger partial charge in [0.1, 0.15) is 5.82 Å². The summed E-state index contributed by atoms with van der Waals surface area (Å²) in [7, 11) is 0. The molecule has 0 aliphatic carbocycles. The minimum Gasteiger partial charge on any atom is -0.326 e. The molecule has 0 atom stereocenters. The summed E-state index contributed by atoms with van der Waals surface area (Å²) < 4.78 is 12.7. The molecule has 59 valence electrons. The van der Waals surface area contributed by atoms with E-state index in [0.29, 0.717) is 6.54 Å². The van der Waals surface area contributed by atoms with Crippen molar-refractivity contribution in [2.75, 3.05) is 0 Å². The summed E-state index contributed by atoms with van der Waals surface area (Å²) in [5, 5.41) is 0. The Morgan fingerprint density at radius 3 is 2.64 bits per heavy atom. The van der Waals surface area contributed by atoms with Crippen LogP contribution in [-0.4, -0.2) is 0 Å². The molecule has 0 bridgehead atoms. The minimum atomic E-state index is -0.221. The first-order valence-corrected chi connectivity index (χ1v) is 3.67. The highest BCUT2D eigenvalue weighted by Gasteiger charge is 1.97. The smallest absolute Gasteiger partial charge is 0.123 e. The molecule has 0 heterocycles. The minimum absolute atomic E-state index is 0.221. The Morgan fingerprint density at radius 2 is 2.09 bits per heavy atom. The lowest BCUT2D eigenvalue weighted by atomic mass is 10.1. The van der Waals surface area contributed by atoms with Gasteiger partial charge in [0, 0.05) is 6.54 Å². The van der Waals surface area contributed by atoms with E-state index in [2.05, 4.69) is 6.07 Å². The van der Waals surface area contributed by atoms with Crippen LogP contribution in [0.25, 0.3) is 0 Å². The standard InChI is InChI=1S/C9H11FN/c1-2-7-3-8(6-11)5-9(10)4-7/h4-5H,2,6,11H2,1H3. The Bertz CT molecular complexity index is 223. The van der Waals surface area contributed by atoms with Crippen molar-refractivity contribution in [2.45, 2.75) is 19.9 Å². The molecule has 0 aromatic heterocycles. The first kappa shape index (κ1) is 8.21. The van der Waals surface area contributed by atoms with Crippen LogP contribution in [0.4, 0.5) is 4.39 Å². The molecule has 1 nitrogen and oxygen atoms in total. The number of nitrogens with two attached hydrogens (primary N) is 1. The summed E-state index contributed by atoms with van der Waals surface area (Å²) in [6.45, 7) is 2.32. The first-order chi connectivity index (χ1) is 5.26. The molecule has 1 radical (unpaired) electrons. The second-order valence-electron chi connectivity index (χ2n) is 2.41. The van der Waals surface area contributed by atoms with Gasteiger partial charge in [0.25, 0.3) is 0 Å². The zero-order valence-electron chi connectivity index (χ0n) is 6.52. The number of rotatable bonds is 2. The van der Waals surface area contributed by atoms with Gasteiger partial charge in [0.05, 0.1) is 0 Å². The molecule has 0 aliphatic rings. The maximum atomic E-state index is 12.7. The van der Waals surface area contributed by atoms with Crippen LogP contribution in [0, 0.1) is 11.9 Å². The van der Waals surface area contributed by atoms with Crippen molar-refractivity contribution in [2.24, 2.45) is 5.73 Å². The fraction of sp³-hybridized carbons (Fsp3) is 0.333. The van der Waals surface area contributed by atoms with Crippen LogP contribution in [0.2, 0.25) is 0 Å². The molecule has 1 aromatic carbocycles. The third-order valence-corrected chi connectivity index (χ3v) is 1.55. The SMILES string of the molecule is CCc1[c]c(CN)cc(F)c1. The molecule has 0 spiro atoms. The zero-order valence-corrected chi connectivity index (χ0v) is 6.52. The average molecular weight is 152 g/mol. The summed E-state index contributed by atoms with van der Waals surface area (Å²) >= 11 is 0. The fourth-order valence-electron chi connectivity index (χ4n) is 0.953. The van der Waals surface area contributed by atoms with E-state index in [9.17, 15) is 4.39 Å². The van der Waals surface area contributed by atoms with Gasteiger partial charge in [0.15, 0.2) is 0 Å². The molecule has 11 heavy (non-hydrogen) atoms. The van der Waals surface area contributed by atoms with Gasteiger partial charge in [-0.05, 0) is 35.7 Å². The van der Waals surface area contributed by atoms with Gasteiger partial charge in [-0.2, -0.15) is 0 Å². The molecular formula is C9H11FN. The van der Waals surface area contributed by atoms with Crippen LogP contribution in [0.15, 0.2) is 12.1 Å². The molecule has 0 aliphatic heterocycles. The summed E-state index contributed by atoms with van der Waals surface area (Å²) in [6, 6.07) is 5.92. The summed E-state index contributed by atoms with van der Waals surface area (Å²) in [5.41, 5.74) is 6.96. The van der Waals surface area contributed by atoms with Gasteiger partial charge >= 0.3 is 0 Å². The molecule has 0 fully saturated rings. The van der Waals surface area contributed by atoms with E-state index in [1.807, 2.05) is 6.92 Å². The third-order valence-electron chi connectivity index (χ3n) is 1.55. The van der Waals surface area contributed by atoms with E-state index in [4.69, 9.17) is 5.73 Å². The van der Waals surface area contributed by atoms with Crippen LogP contribution in [0.1, 0.15) is 18.1 Å². The monoisotopic (exact) mass is 152 g/mol. The van der Waals surface area contributed by atoms with E-state index < -0.39 is 0 Å². The van der Waals surface area contributed by atoms with Gasteiger partial charge in [-0.15, -0.1) is 0 Å². The highest BCUT2D eigenvalue weighted by Crippen LogP contribution is 2.07. The maximum absolute atomic E-state index is 12.7. The first-order valence-electron chi connectivity index (χ1n) is 3.67. The Hall–Kier alpha value is -0.890. The molecule has 0 amide bonds. The third kappa shape index (κ3) is 2.02. The summed E-state index contributed by atoms with van der Waals surface area (Å²) in [5.74, 6) is -0.221. The molecule has 0 saturated heterocycles. The van der Waals surface area contributed by atoms with E-state index in [1.165, 1.54) is 12.1 Å². The fourth-order valence-corrected chi connectivity index (χ4v) is 0.953. The van der Waals surface area contributed by atoms with Crippen LogP contribution in [0.3, 0.4) is 0 Å². The highest BCUT2D eigenvalue weighted by atomic mass is 19.1. The zero-order chi connectivity index (χ0) is 8.27. The van der Waals surface area contributed by atoms with E-state index >= 15 is 0 Å². The van der Waals surface area contributed by atoms with Crippen LogP contribution >= 0.6 is 0 Å². The molecule has 2 heteroatoms. The average Bonchev–Trinajstić information content (AvgIpc) is 2.03. The molecule has 0 saturated carbocycles. The predicted octanol–water partition coefficient (Wildman–Crippen LogP) is 1.65. The van der Waals surface area contributed by atoms with E-state index in [0.717, 1.165) is 17.5 Å². The Kier molecular flexibility index (Phi) is 2.60. The lowest BCUT2D eigenvalue weighted by Crippen LogP contribution is -1.98. The molecule has 0 unspecified atom stereocenters. The Balaban J connectivity index is 3.02. The number of hydrogen-bond donors (Lipinski definition) is 1. The van der Waals surface area contributed by atoms with Gasteiger partial charge < -0.3 is 5.73 Å². The maximum Gasteiger partial charge on any atom is 0.123 e. The van der Waals surface area contributed by atoms with Gasteiger partial charge in [-0.25, -0.2) is 4.39 Å². The second-order valence-corrected chi connectivity index (χ2v) is 2.41. The van der Waals surface area contributed by atoms with Gasteiger partial charge in [0.2, 0.25) is 0 Å². The summed E-state index contributed by atoms with van der Waals surface area (Å²) in [6.07, 6.45) is 0.796. The van der Waals surface area contributed by atoms with Crippen molar-refractivity contribution in [3.8, 4) is 0 Å². The number of benzene rings is 1. The number of halogens is 1. The van der Waals surface area contributed by atoms with Gasteiger partial charge in [-0.1, -0.05) is 6.92 Å². The van der Waals surface area contributed by atoms with Crippen molar-refractivity contribution in [1.29, 1.82) is 0 Å². The van der Waals surface area contributed by atoms with Crippen molar-refractivity contribution < 1.29 is 4.39 Å². The quantitative estimate of drug-likeness (QED) is 0.685. The predicted molar refractivity (Wildman–Crippen MR) is 42.5 cm³/mol. The van der Waals surface area contributed by atoms with Crippen molar-refractivity contribution in [3.05, 3.63) is 35.1 Å². The van der Waals surface area contributed by atoms with Crippen molar-refractivity contribution >= 4 is 0 Å². The van der Waals surface area contributed by atoms with Crippen LogP contribution in [-0.2, 0) is 13.0 Å². The van der Waals surface area contributed by atoms with Gasteiger partial charge in [-0.3, -0.25) is 0 Å². The van der Waals surface area contributed by atoms with Crippen LogP contribution < -0.4 is 5.73 Å². The largest absolute Gasteiger partial charge is 0.326 e. The molecule has 1 rings (SSSR count). The lowest BCUT2D eigenvalue weighted by Gasteiger charge is -1.99. The molecule has 2 N–H and O–H groups in total. The Labute approximate surface area is 66.0 Å². The topological polar surface area (TPSA) is 26.0 Å². The summed E-state index contributed by atoms with van der Waals surface area (Å²) in [4.78, 5) is 0. The molecular weight excluding hydrogens is 141 g/mol.